The molecule has 22 heavy (non-hydrogen) atoms. The first-order valence-electron chi connectivity index (χ1n) is 7.52. The molecule has 2 atom stereocenters. The second kappa shape index (κ2) is 5.93. The van der Waals surface area contributed by atoms with Gasteiger partial charge < -0.3 is 15.2 Å². The highest BCUT2D eigenvalue weighted by Crippen LogP contribution is 2.25. The summed E-state index contributed by atoms with van der Waals surface area (Å²) in [5, 5.41) is 3.42. The Labute approximate surface area is 129 Å². The van der Waals surface area contributed by atoms with Crippen molar-refractivity contribution in [3.63, 3.8) is 0 Å². The number of benzene rings is 1. The molecule has 0 saturated carbocycles. The van der Waals surface area contributed by atoms with Crippen molar-refractivity contribution in [2.45, 2.75) is 25.9 Å². The molecule has 0 spiro atoms. The highest BCUT2D eigenvalue weighted by Gasteiger charge is 2.27. The van der Waals surface area contributed by atoms with E-state index in [1.807, 2.05) is 4.90 Å². The first kappa shape index (κ1) is 14.8. The number of carbonyl (C=O) groups excluding carboxylic acids is 1. The molecule has 3 rings (SSSR count). The Morgan fingerprint density at radius 1 is 1.14 bits per heavy atom. The molecule has 116 valence electrons. The van der Waals surface area contributed by atoms with E-state index in [1.165, 1.54) is 12.1 Å². The molecule has 0 radical (unpaired) electrons. The number of hydrogen-bond acceptors (Lipinski definition) is 2. The van der Waals surface area contributed by atoms with Crippen LogP contribution in [-0.4, -0.2) is 41.0 Å². The minimum Gasteiger partial charge on any atom is -0.366 e. The first-order chi connectivity index (χ1) is 10.5. The summed E-state index contributed by atoms with van der Waals surface area (Å²) in [5.74, 6) is -0.266. The normalized spacial score (nSPS) is 21.9. The molecule has 5 heteroatoms. The molecule has 2 unspecified atom stereocenters. The van der Waals surface area contributed by atoms with E-state index in [4.69, 9.17) is 0 Å². The smallest absolute Gasteiger partial charge is 0.256 e. The second-order valence-electron chi connectivity index (χ2n) is 5.97. The van der Waals surface area contributed by atoms with E-state index in [0.717, 1.165) is 11.1 Å². The van der Waals surface area contributed by atoms with Crippen LogP contribution in [0.2, 0.25) is 0 Å². The molecule has 1 aromatic heterocycles. The molecule has 1 aliphatic rings. The molecule has 1 fully saturated rings. The summed E-state index contributed by atoms with van der Waals surface area (Å²) in [6.07, 6.45) is 3.51. The zero-order valence-corrected chi connectivity index (χ0v) is 12.8. The summed E-state index contributed by atoms with van der Waals surface area (Å²) in [6.45, 7) is 5.54. The van der Waals surface area contributed by atoms with Crippen molar-refractivity contribution in [1.82, 2.24) is 15.2 Å². The second-order valence-corrected chi connectivity index (χ2v) is 5.97. The quantitative estimate of drug-likeness (QED) is 0.896. The first-order valence-corrected chi connectivity index (χ1v) is 7.52. The van der Waals surface area contributed by atoms with Crippen LogP contribution < -0.4 is 5.32 Å². The van der Waals surface area contributed by atoms with Crippen molar-refractivity contribution in [1.29, 1.82) is 0 Å². The predicted molar refractivity (Wildman–Crippen MR) is 84.1 cm³/mol. The maximum Gasteiger partial charge on any atom is 0.256 e. The van der Waals surface area contributed by atoms with E-state index in [2.05, 4.69) is 24.1 Å². The van der Waals surface area contributed by atoms with Crippen LogP contribution in [-0.2, 0) is 0 Å². The van der Waals surface area contributed by atoms with Crippen LogP contribution in [0, 0.1) is 5.82 Å². The highest BCUT2D eigenvalue weighted by molar-refractivity contribution is 6.00. The predicted octanol–water partition coefficient (Wildman–Crippen LogP) is 2.64. The maximum absolute atomic E-state index is 13.1. The van der Waals surface area contributed by atoms with Gasteiger partial charge in [0.2, 0.25) is 0 Å². The summed E-state index contributed by atoms with van der Waals surface area (Å²) in [6, 6.07) is 6.76. The molecule has 2 aromatic rings. The molecule has 1 amide bonds. The number of carbonyl (C=O) groups is 1. The molecule has 1 aliphatic heterocycles. The van der Waals surface area contributed by atoms with Gasteiger partial charge in [0, 0.05) is 43.1 Å². The van der Waals surface area contributed by atoms with Gasteiger partial charge >= 0.3 is 0 Å². The van der Waals surface area contributed by atoms with E-state index < -0.39 is 0 Å². The number of piperazine rings is 1. The number of H-pyrrole nitrogens is 1. The molecule has 4 nitrogen and oxygen atoms in total. The monoisotopic (exact) mass is 301 g/mol. The van der Waals surface area contributed by atoms with Gasteiger partial charge in [-0.3, -0.25) is 4.79 Å². The van der Waals surface area contributed by atoms with Crippen molar-refractivity contribution >= 4 is 5.91 Å². The Morgan fingerprint density at radius 2 is 1.77 bits per heavy atom. The molecular formula is C17H20FN3O. The molecule has 0 bridgehead atoms. The van der Waals surface area contributed by atoms with Crippen LogP contribution in [0.25, 0.3) is 11.1 Å². The standard InChI is InChI=1S/C17H20FN3O/c1-11-9-21(10-12(2)20-11)17(22)16-8-19-7-15(16)13-3-5-14(18)6-4-13/h3-8,11-12,19-20H,9-10H2,1-2H3. The lowest BCUT2D eigenvalue weighted by atomic mass is 10.0. The summed E-state index contributed by atoms with van der Waals surface area (Å²) in [5.41, 5.74) is 2.28. The van der Waals surface area contributed by atoms with Gasteiger partial charge in [-0.25, -0.2) is 4.39 Å². The Balaban J connectivity index is 1.88. The zero-order chi connectivity index (χ0) is 15.7. The molecule has 2 heterocycles. The third-order valence-corrected chi connectivity index (χ3v) is 3.98. The largest absolute Gasteiger partial charge is 0.366 e. The van der Waals surface area contributed by atoms with Crippen LogP contribution in [0.3, 0.4) is 0 Å². The number of amides is 1. The van der Waals surface area contributed by atoms with Crippen LogP contribution in [0.5, 0.6) is 0 Å². The van der Waals surface area contributed by atoms with Crippen molar-refractivity contribution in [2.75, 3.05) is 13.1 Å². The van der Waals surface area contributed by atoms with Crippen molar-refractivity contribution < 1.29 is 9.18 Å². The fourth-order valence-electron chi connectivity index (χ4n) is 3.07. The maximum atomic E-state index is 13.1. The third-order valence-electron chi connectivity index (χ3n) is 3.98. The van der Waals surface area contributed by atoms with E-state index in [9.17, 15) is 9.18 Å². The number of rotatable bonds is 2. The number of aromatic nitrogens is 1. The molecule has 2 N–H and O–H groups in total. The third kappa shape index (κ3) is 2.90. The fourth-order valence-corrected chi connectivity index (χ4v) is 3.07. The van der Waals surface area contributed by atoms with Crippen LogP contribution >= 0.6 is 0 Å². The van der Waals surface area contributed by atoms with E-state index in [-0.39, 0.29) is 23.8 Å². The average Bonchev–Trinajstić information content (AvgIpc) is 2.95. The number of halogens is 1. The minimum atomic E-state index is -0.281. The van der Waals surface area contributed by atoms with E-state index in [1.54, 1.807) is 24.5 Å². The van der Waals surface area contributed by atoms with Gasteiger partial charge in [0.05, 0.1) is 5.56 Å². The number of nitrogens with one attached hydrogen (secondary N) is 2. The van der Waals surface area contributed by atoms with Gasteiger partial charge in [-0.15, -0.1) is 0 Å². The van der Waals surface area contributed by atoms with Crippen molar-refractivity contribution in [2.24, 2.45) is 0 Å². The Bertz CT molecular complexity index is 655. The van der Waals surface area contributed by atoms with Gasteiger partial charge in [-0.2, -0.15) is 0 Å². The highest BCUT2D eigenvalue weighted by atomic mass is 19.1. The molecule has 0 aliphatic carbocycles. The van der Waals surface area contributed by atoms with Gasteiger partial charge in [-0.05, 0) is 31.5 Å². The van der Waals surface area contributed by atoms with Gasteiger partial charge in [0.1, 0.15) is 5.82 Å². The fraction of sp³-hybridized carbons (Fsp3) is 0.353. The van der Waals surface area contributed by atoms with Crippen LogP contribution in [0.4, 0.5) is 4.39 Å². The van der Waals surface area contributed by atoms with Crippen molar-refractivity contribution in [3.05, 3.63) is 48.0 Å². The topological polar surface area (TPSA) is 48.1 Å². The van der Waals surface area contributed by atoms with Crippen LogP contribution in [0.1, 0.15) is 24.2 Å². The zero-order valence-electron chi connectivity index (χ0n) is 12.8. The Morgan fingerprint density at radius 3 is 2.41 bits per heavy atom. The Kier molecular flexibility index (Phi) is 3.98. The SMILES string of the molecule is CC1CN(C(=O)c2c[nH]cc2-c2ccc(F)cc2)CC(C)N1. The number of nitrogens with zero attached hydrogens (tertiary/aromatic N) is 1. The summed E-state index contributed by atoms with van der Waals surface area (Å²) in [4.78, 5) is 17.7. The van der Waals surface area contributed by atoms with Gasteiger partial charge in [0.15, 0.2) is 0 Å². The summed E-state index contributed by atoms with van der Waals surface area (Å²) >= 11 is 0. The summed E-state index contributed by atoms with van der Waals surface area (Å²) in [7, 11) is 0. The lowest BCUT2D eigenvalue weighted by molar-refractivity contribution is 0.0675. The molecule has 1 aromatic carbocycles. The number of hydrogen-bond donors (Lipinski definition) is 2. The van der Waals surface area contributed by atoms with Gasteiger partial charge in [-0.1, -0.05) is 12.1 Å². The summed E-state index contributed by atoms with van der Waals surface area (Å²) < 4.78 is 13.1. The number of aromatic amines is 1. The lowest BCUT2D eigenvalue weighted by Gasteiger charge is -2.36. The average molecular weight is 301 g/mol. The molecule has 1 saturated heterocycles. The van der Waals surface area contributed by atoms with Gasteiger partial charge in [0.25, 0.3) is 5.91 Å². The van der Waals surface area contributed by atoms with E-state index in [0.29, 0.717) is 18.7 Å². The lowest BCUT2D eigenvalue weighted by Crippen LogP contribution is -2.55. The van der Waals surface area contributed by atoms with Crippen molar-refractivity contribution in [3.8, 4) is 11.1 Å². The van der Waals surface area contributed by atoms with Crippen LogP contribution in [0.15, 0.2) is 36.7 Å². The minimum absolute atomic E-state index is 0.0146. The van der Waals surface area contributed by atoms with E-state index >= 15 is 0 Å². The Hall–Kier alpha value is -2.14. The molecular weight excluding hydrogens is 281 g/mol.